The first kappa shape index (κ1) is 19.4. The van der Waals surface area contributed by atoms with Gasteiger partial charge in [0, 0.05) is 0 Å². The summed E-state index contributed by atoms with van der Waals surface area (Å²) in [5, 5.41) is 25.1. The minimum atomic E-state index is -0.571. The molecule has 0 amide bonds. The van der Waals surface area contributed by atoms with Crippen molar-refractivity contribution in [1.29, 1.82) is 0 Å². The molecule has 0 bridgehead atoms. The number of aromatic nitrogens is 1. The molecule has 7 heteroatoms. The number of benzene rings is 3. The van der Waals surface area contributed by atoms with Gasteiger partial charge in [0.1, 0.15) is 11.3 Å². The molecule has 148 valence electrons. The SMILES string of the molecule is O=[N+]([O-])c1c(Oc2ccccc2)c(-c2ccccc2)[n+]([O-])c(Cl)c1-c1ccccc1. The lowest BCUT2D eigenvalue weighted by Gasteiger charge is -2.16. The number of nitrogens with zero attached hydrogens (tertiary/aromatic N) is 2. The van der Waals surface area contributed by atoms with Crippen LogP contribution in [0.3, 0.4) is 0 Å². The molecular weight excluding hydrogens is 404 g/mol. The van der Waals surface area contributed by atoms with Gasteiger partial charge in [0.25, 0.3) is 11.4 Å². The van der Waals surface area contributed by atoms with E-state index in [1.807, 2.05) is 0 Å². The van der Waals surface area contributed by atoms with Crippen LogP contribution >= 0.6 is 11.6 Å². The Labute approximate surface area is 177 Å². The van der Waals surface area contributed by atoms with Gasteiger partial charge in [0.2, 0.25) is 0 Å². The van der Waals surface area contributed by atoms with Crippen LogP contribution in [0.1, 0.15) is 0 Å². The Balaban J connectivity index is 2.10. The van der Waals surface area contributed by atoms with Crippen molar-refractivity contribution < 1.29 is 14.4 Å². The number of para-hydroxylation sites is 1. The molecule has 0 saturated carbocycles. The topological polar surface area (TPSA) is 79.3 Å². The highest BCUT2D eigenvalue weighted by Crippen LogP contribution is 2.46. The summed E-state index contributed by atoms with van der Waals surface area (Å²) in [7, 11) is 0. The van der Waals surface area contributed by atoms with E-state index in [1.165, 1.54) is 0 Å². The summed E-state index contributed by atoms with van der Waals surface area (Å²) in [6.45, 7) is 0. The highest BCUT2D eigenvalue weighted by Gasteiger charge is 2.38. The molecule has 0 spiro atoms. The molecule has 1 aromatic heterocycles. The quantitative estimate of drug-likeness (QED) is 0.131. The zero-order valence-corrected chi connectivity index (χ0v) is 16.3. The third-order valence-corrected chi connectivity index (χ3v) is 4.85. The second-order valence-electron chi connectivity index (χ2n) is 6.39. The van der Waals surface area contributed by atoms with Gasteiger partial charge < -0.3 is 9.94 Å². The lowest BCUT2D eigenvalue weighted by molar-refractivity contribution is -0.591. The fourth-order valence-electron chi connectivity index (χ4n) is 3.20. The van der Waals surface area contributed by atoms with Gasteiger partial charge in [-0.1, -0.05) is 66.7 Å². The molecule has 0 fully saturated rings. The number of halogens is 1. The summed E-state index contributed by atoms with van der Waals surface area (Å²) < 4.78 is 6.41. The molecule has 1 heterocycles. The molecule has 0 aliphatic carbocycles. The summed E-state index contributed by atoms with van der Waals surface area (Å²) in [6.07, 6.45) is 0. The van der Waals surface area contributed by atoms with Gasteiger partial charge in [-0.25, -0.2) is 0 Å². The normalized spacial score (nSPS) is 10.6. The largest absolute Gasteiger partial charge is 0.617 e. The zero-order chi connectivity index (χ0) is 21.1. The maximum absolute atomic E-state index is 13.2. The molecular formula is C23H15ClN2O4. The number of hydrogen-bond acceptors (Lipinski definition) is 4. The molecule has 4 aromatic rings. The van der Waals surface area contributed by atoms with Crippen LogP contribution in [0.15, 0.2) is 91.0 Å². The van der Waals surface area contributed by atoms with Crippen LogP contribution in [-0.4, -0.2) is 4.92 Å². The first-order valence-electron chi connectivity index (χ1n) is 9.05. The monoisotopic (exact) mass is 418 g/mol. The zero-order valence-electron chi connectivity index (χ0n) is 15.6. The van der Waals surface area contributed by atoms with Crippen molar-refractivity contribution in [2.75, 3.05) is 0 Å². The van der Waals surface area contributed by atoms with E-state index >= 15 is 0 Å². The van der Waals surface area contributed by atoms with Crippen molar-refractivity contribution in [3.63, 3.8) is 0 Å². The van der Waals surface area contributed by atoms with Gasteiger partial charge >= 0.3 is 10.8 Å². The smallest absolute Gasteiger partial charge is 0.334 e. The maximum Gasteiger partial charge on any atom is 0.334 e. The molecule has 0 aliphatic heterocycles. The summed E-state index contributed by atoms with van der Waals surface area (Å²) >= 11 is 6.40. The lowest BCUT2D eigenvalue weighted by Crippen LogP contribution is -2.32. The third-order valence-electron chi connectivity index (χ3n) is 4.51. The number of hydrogen-bond donors (Lipinski definition) is 0. The first-order chi connectivity index (χ1) is 14.6. The Morgan fingerprint density at radius 1 is 0.800 bits per heavy atom. The van der Waals surface area contributed by atoms with E-state index in [-0.39, 0.29) is 27.8 Å². The van der Waals surface area contributed by atoms with E-state index in [0.29, 0.717) is 21.6 Å². The van der Waals surface area contributed by atoms with E-state index in [0.717, 1.165) is 0 Å². The Bertz CT molecular complexity index is 1200. The molecule has 30 heavy (non-hydrogen) atoms. The number of rotatable bonds is 5. The van der Waals surface area contributed by atoms with Crippen molar-refractivity contribution in [1.82, 2.24) is 0 Å². The predicted molar refractivity (Wildman–Crippen MR) is 114 cm³/mol. The van der Waals surface area contributed by atoms with Crippen molar-refractivity contribution in [3.8, 4) is 33.9 Å². The molecule has 4 rings (SSSR count). The second-order valence-corrected chi connectivity index (χ2v) is 6.75. The van der Waals surface area contributed by atoms with Crippen LogP contribution in [0, 0.1) is 15.3 Å². The molecule has 0 unspecified atom stereocenters. The van der Waals surface area contributed by atoms with E-state index in [1.54, 1.807) is 91.0 Å². The highest BCUT2D eigenvalue weighted by molar-refractivity contribution is 6.32. The number of nitro groups is 1. The third kappa shape index (κ3) is 3.56. The summed E-state index contributed by atoms with van der Waals surface area (Å²) in [6, 6.07) is 25.7. The molecule has 0 aliphatic rings. The lowest BCUT2D eigenvalue weighted by atomic mass is 10.0. The average molecular weight is 419 g/mol. The Morgan fingerprint density at radius 2 is 1.30 bits per heavy atom. The van der Waals surface area contributed by atoms with Crippen LogP contribution in [0.25, 0.3) is 22.4 Å². The fourth-order valence-corrected chi connectivity index (χ4v) is 3.48. The van der Waals surface area contributed by atoms with Crippen LogP contribution < -0.4 is 9.47 Å². The van der Waals surface area contributed by atoms with E-state index in [2.05, 4.69) is 0 Å². The molecule has 0 radical (unpaired) electrons. The molecule has 0 atom stereocenters. The van der Waals surface area contributed by atoms with Crippen molar-refractivity contribution in [2.24, 2.45) is 0 Å². The summed E-state index contributed by atoms with van der Waals surface area (Å²) in [4.78, 5) is 11.6. The van der Waals surface area contributed by atoms with Gasteiger partial charge in [-0.05, 0) is 41.4 Å². The van der Waals surface area contributed by atoms with Gasteiger partial charge in [0.15, 0.2) is 0 Å². The number of ether oxygens (including phenoxy) is 1. The minimum absolute atomic E-state index is 0.00267. The second kappa shape index (κ2) is 8.23. The first-order valence-corrected chi connectivity index (χ1v) is 9.43. The van der Waals surface area contributed by atoms with Crippen LogP contribution in [-0.2, 0) is 0 Å². The Morgan fingerprint density at radius 3 is 1.83 bits per heavy atom. The van der Waals surface area contributed by atoms with Gasteiger partial charge in [0.05, 0.1) is 10.5 Å². The van der Waals surface area contributed by atoms with Crippen molar-refractivity contribution >= 4 is 17.3 Å². The van der Waals surface area contributed by atoms with Crippen molar-refractivity contribution in [2.45, 2.75) is 0 Å². The minimum Gasteiger partial charge on any atom is -0.617 e. The predicted octanol–water partition coefficient (Wildman–Crippen LogP) is 6.01. The van der Waals surface area contributed by atoms with Crippen LogP contribution in [0.2, 0.25) is 5.15 Å². The van der Waals surface area contributed by atoms with Crippen LogP contribution in [0.4, 0.5) is 5.69 Å². The Hall–Kier alpha value is -3.90. The standard InChI is InChI=1S/C23H15ClN2O4/c24-23-19(16-10-4-1-5-11-16)21(26(28)29)22(30-18-14-8-3-9-15-18)20(25(23)27)17-12-6-2-7-13-17/h1-15H. The van der Waals surface area contributed by atoms with Crippen molar-refractivity contribution in [3.05, 3.63) is 111 Å². The van der Waals surface area contributed by atoms with E-state index < -0.39 is 4.92 Å². The van der Waals surface area contributed by atoms with Gasteiger partial charge in [-0.2, -0.15) is 0 Å². The maximum atomic E-state index is 13.2. The fraction of sp³-hybridized carbons (Fsp3) is 0. The Kier molecular flexibility index (Phi) is 5.32. The van der Waals surface area contributed by atoms with Crippen LogP contribution in [0.5, 0.6) is 11.5 Å². The van der Waals surface area contributed by atoms with E-state index in [9.17, 15) is 15.3 Å². The summed E-state index contributed by atoms with van der Waals surface area (Å²) in [5.41, 5.74) is 0.485. The average Bonchev–Trinajstić information content (AvgIpc) is 2.78. The van der Waals surface area contributed by atoms with Gasteiger partial charge in [-0.15, -0.1) is 4.73 Å². The van der Waals surface area contributed by atoms with Gasteiger partial charge in [-0.3, -0.25) is 10.1 Å². The van der Waals surface area contributed by atoms with E-state index in [4.69, 9.17) is 16.3 Å². The number of pyridine rings is 1. The molecule has 0 N–H and O–H groups in total. The molecule has 0 saturated heterocycles. The molecule has 6 nitrogen and oxygen atoms in total. The highest BCUT2D eigenvalue weighted by atomic mass is 35.5. The molecule has 3 aromatic carbocycles. The summed E-state index contributed by atoms with van der Waals surface area (Å²) in [5.74, 6) is 0.190.